The average molecular weight is 519 g/mol. The summed E-state index contributed by atoms with van der Waals surface area (Å²) in [6, 6.07) is 4.80. The van der Waals surface area contributed by atoms with Crippen LogP contribution in [-0.4, -0.2) is 49.6 Å². The van der Waals surface area contributed by atoms with E-state index in [9.17, 15) is 4.79 Å². The van der Waals surface area contributed by atoms with Crippen LogP contribution in [0.1, 0.15) is 24.2 Å². The number of hydrogen-bond donors (Lipinski definition) is 3. The molecule has 0 aromatic heterocycles. The molecule has 0 saturated carbocycles. The topological polar surface area (TPSA) is 65.5 Å². The summed E-state index contributed by atoms with van der Waals surface area (Å²) >= 11 is 13.5. The molecule has 0 saturated heterocycles. The van der Waals surface area contributed by atoms with Gasteiger partial charge in [0.15, 0.2) is 5.96 Å². The maximum Gasteiger partial charge on any atom is 0.251 e. The summed E-state index contributed by atoms with van der Waals surface area (Å²) in [5, 5.41) is 10.0. The Bertz CT molecular complexity index is 599. The summed E-state index contributed by atoms with van der Waals surface area (Å²) in [7, 11) is 1.72. The molecule has 142 valence electrons. The van der Waals surface area contributed by atoms with Gasteiger partial charge in [-0.1, -0.05) is 23.2 Å². The van der Waals surface area contributed by atoms with Crippen LogP contribution in [0.15, 0.2) is 23.2 Å². The van der Waals surface area contributed by atoms with Gasteiger partial charge in [-0.15, -0.1) is 24.0 Å². The molecule has 0 atom stereocenters. The van der Waals surface area contributed by atoms with Gasteiger partial charge in [-0.2, -0.15) is 11.8 Å². The third-order valence-electron chi connectivity index (χ3n) is 3.34. The second kappa shape index (κ2) is 12.1. The largest absolute Gasteiger partial charge is 0.355 e. The number of rotatable bonds is 7. The Morgan fingerprint density at radius 3 is 2.36 bits per heavy atom. The molecule has 0 radical (unpaired) electrons. The Balaban J connectivity index is 0.00000576. The highest BCUT2D eigenvalue weighted by molar-refractivity contribution is 14.0. The maximum absolute atomic E-state index is 12.0. The second-order valence-electron chi connectivity index (χ2n) is 5.70. The van der Waals surface area contributed by atoms with Crippen molar-refractivity contribution in [1.82, 2.24) is 16.0 Å². The van der Waals surface area contributed by atoms with E-state index in [-0.39, 0.29) is 34.6 Å². The third-order valence-corrected chi connectivity index (χ3v) is 5.33. The summed E-state index contributed by atoms with van der Waals surface area (Å²) < 4.78 is 0.125. The monoisotopic (exact) mass is 518 g/mol. The third kappa shape index (κ3) is 9.21. The number of amides is 1. The van der Waals surface area contributed by atoms with Crippen LogP contribution in [0.2, 0.25) is 10.0 Å². The first-order valence-electron chi connectivity index (χ1n) is 7.52. The summed E-state index contributed by atoms with van der Waals surface area (Å²) in [6.45, 7) is 6.15. The standard InChI is InChI=1S/C16H24Cl2N4OS.HI/c1-16(2,24-4)10-22-15(19-3)21-8-7-20-14(23)11-5-6-12(17)13(18)9-11;/h5-6,9H,7-8,10H2,1-4H3,(H,20,23)(H2,19,21,22);1H. The lowest BCUT2D eigenvalue weighted by Gasteiger charge is -2.23. The summed E-state index contributed by atoms with van der Waals surface area (Å²) in [4.78, 5) is 16.2. The predicted octanol–water partition coefficient (Wildman–Crippen LogP) is 3.65. The Morgan fingerprint density at radius 2 is 1.80 bits per heavy atom. The van der Waals surface area contributed by atoms with Gasteiger partial charge in [-0.05, 0) is 38.3 Å². The molecular weight excluding hydrogens is 494 g/mol. The minimum atomic E-state index is -0.193. The van der Waals surface area contributed by atoms with Gasteiger partial charge in [-0.25, -0.2) is 0 Å². The van der Waals surface area contributed by atoms with Crippen LogP contribution in [0.4, 0.5) is 0 Å². The van der Waals surface area contributed by atoms with Crippen LogP contribution >= 0.6 is 58.9 Å². The minimum absolute atomic E-state index is 0. The van der Waals surface area contributed by atoms with Crippen molar-refractivity contribution in [1.29, 1.82) is 0 Å². The van der Waals surface area contributed by atoms with Crippen LogP contribution < -0.4 is 16.0 Å². The number of carbonyl (C=O) groups is 1. The molecule has 5 nitrogen and oxygen atoms in total. The Morgan fingerprint density at radius 1 is 1.16 bits per heavy atom. The molecule has 0 aliphatic carbocycles. The van der Waals surface area contributed by atoms with Crippen LogP contribution in [0.5, 0.6) is 0 Å². The zero-order valence-electron chi connectivity index (χ0n) is 14.8. The molecule has 0 unspecified atom stereocenters. The van der Waals surface area contributed by atoms with Crippen molar-refractivity contribution in [2.45, 2.75) is 18.6 Å². The Labute approximate surface area is 181 Å². The van der Waals surface area contributed by atoms with Gasteiger partial charge >= 0.3 is 0 Å². The summed E-state index contributed by atoms with van der Waals surface area (Å²) in [5.74, 6) is 0.516. The lowest BCUT2D eigenvalue weighted by Crippen LogP contribution is -2.45. The van der Waals surface area contributed by atoms with E-state index in [1.54, 1.807) is 37.0 Å². The zero-order chi connectivity index (χ0) is 18.2. The summed E-state index contributed by atoms with van der Waals surface area (Å²) in [6.07, 6.45) is 2.08. The number of benzene rings is 1. The van der Waals surface area contributed by atoms with Gasteiger partial charge in [0.05, 0.1) is 10.0 Å². The maximum atomic E-state index is 12.0. The number of halogens is 3. The van der Waals surface area contributed by atoms with Gasteiger partial charge in [0, 0.05) is 37.0 Å². The fourth-order valence-electron chi connectivity index (χ4n) is 1.69. The van der Waals surface area contributed by atoms with E-state index in [1.807, 2.05) is 0 Å². The molecule has 1 aromatic carbocycles. The first-order valence-corrected chi connectivity index (χ1v) is 9.50. The number of aliphatic imine (C=N–C) groups is 1. The average Bonchev–Trinajstić information content (AvgIpc) is 2.56. The van der Waals surface area contributed by atoms with Gasteiger partial charge in [-0.3, -0.25) is 9.79 Å². The van der Waals surface area contributed by atoms with Gasteiger partial charge in [0.2, 0.25) is 0 Å². The van der Waals surface area contributed by atoms with Crippen LogP contribution in [0, 0.1) is 0 Å². The second-order valence-corrected chi connectivity index (χ2v) is 8.03. The highest BCUT2D eigenvalue weighted by Crippen LogP contribution is 2.22. The molecule has 0 fully saturated rings. The fraction of sp³-hybridized carbons (Fsp3) is 0.500. The number of nitrogens with one attached hydrogen (secondary N) is 3. The van der Waals surface area contributed by atoms with Gasteiger partial charge in [0.1, 0.15) is 0 Å². The van der Waals surface area contributed by atoms with Crippen LogP contribution in [-0.2, 0) is 0 Å². The lowest BCUT2D eigenvalue weighted by atomic mass is 10.2. The number of guanidine groups is 1. The van der Waals surface area contributed by atoms with E-state index in [1.165, 1.54) is 0 Å². The van der Waals surface area contributed by atoms with Gasteiger partial charge < -0.3 is 16.0 Å². The predicted molar refractivity (Wildman–Crippen MR) is 121 cm³/mol. The molecule has 0 aliphatic rings. The molecule has 0 heterocycles. The number of hydrogen-bond acceptors (Lipinski definition) is 3. The molecule has 25 heavy (non-hydrogen) atoms. The van der Waals surface area contributed by atoms with Crippen LogP contribution in [0.3, 0.4) is 0 Å². The molecule has 0 spiro atoms. The molecule has 0 aliphatic heterocycles. The SMILES string of the molecule is CN=C(NCCNC(=O)c1ccc(Cl)c(Cl)c1)NCC(C)(C)SC.I. The molecule has 1 amide bonds. The van der Waals surface area contributed by atoms with E-state index >= 15 is 0 Å². The molecular formula is C16H25Cl2IN4OS. The molecule has 1 aromatic rings. The zero-order valence-corrected chi connectivity index (χ0v) is 19.4. The van der Waals surface area contributed by atoms with Crippen molar-refractivity contribution in [2.24, 2.45) is 4.99 Å². The van der Waals surface area contributed by atoms with Crippen molar-refractivity contribution in [3.8, 4) is 0 Å². The smallest absolute Gasteiger partial charge is 0.251 e. The lowest BCUT2D eigenvalue weighted by molar-refractivity contribution is 0.0954. The van der Waals surface area contributed by atoms with Crippen molar-refractivity contribution < 1.29 is 4.79 Å². The van der Waals surface area contributed by atoms with E-state index in [2.05, 4.69) is 41.0 Å². The van der Waals surface area contributed by atoms with E-state index in [0.29, 0.717) is 34.7 Å². The minimum Gasteiger partial charge on any atom is -0.355 e. The van der Waals surface area contributed by atoms with Crippen molar-refractivity contribution >= 4 is 70.8 Å². The highest BCUT2D eigenvalue weighted by Gasteiger charge is 2.16. The number of nitrogens with zero attached hydrogens (tertiary/aromatic N) is 1. The van der Waals surface area contributed by atoms with E-state index in [4.69, 9.17) is 23.2 Å². The van der Waals surface area contributed by atoms with Gasteiger partial charge in [0.25, 0.3) is 5.91 Å². The molecule has 0 bridgehead atoms. The Kier molecular flexibility index (Phi) is 11.9. The van der Waals surface area contributed by atoms with Crippen molar-refractivity contribution in [2.75, 3.05) is 32.9 Å². The fourth-order valence-corrected chi connectivity index (χ4v) is 2.20. The number of carbonyl (C=O) groups excluding carboxylic acids is 1. The molecule has 9 heteroatoms. The molecule has 1 rings (SSSR count). The first-order chi connectivity index (χ1) is 11.3. The van der Waals surface area contributed by atoms with E-state index < -0.39 is 0 Å². The quantitative estimate of drug-likeness (QED) is 0.223. The van der Waals surface area contributed by atoms with Crippen molar-refractivity contribution in [3.05, 3.63) is 33.8 Å². The van der Waals surface area contributed by atoms with Crippen molar-refractivity contribution in [3.63, 3.8) is 0 Å². The normalized spacial score (nSPS) is 11.5. The molecule has 3 N–H and O–H groups in total. The first kappa shape index (κ1) is 24.6. The Hall–Kier alpha value is -0.380. The van der Waals surface area contributed by atoms with E-state index in [0.717, 1.165) is 6.54 Å². The number of thioether (sulfide) groups is 1. The highest BCUT2D eigenvalue weighted by atomic mass is 127. The summed E-state index contributed by atoms with van der Waals surface area (Å²) in [5.41, 5.74) is 0.480. The van der Waals surface area contributed by atoms with Crippen LogP contribution in [0.25, 0.3) is 0 Å².